The summed E-state index contributed by atoms with van der Waals surface area (Å²) in [6.07, 6.45) is 0. The molecule has 3 rings (SSSR count). The van der Waals surface area contributed by atoms with Crippen LogP contribution in [0.15, 0.2) is 42.5 Å². The summed E-state index contributed by atoms with van der Waals surface area (Å²) in [5, 5.41) is 0.189. The van der Waals surface area contributed by atoms with Crippen molar-refractivity contribution < 1.29 is 18.7 Å². The number of aryl methyl sites for hydroxylation is 1. The normalized spacial score (nSPS) is 14.8. The fourth-order valence-corrected chi connectivity index (χ4v) is 3.33. The predicted octanol–water partition coefficient (Wildman–Crippen LogP) is 3.29. The monoisotopic (exact) mass is 404 g/mol. The maximum absolute atomic E-state index is 13.7. The van der Waals surface area contributed by atoms with Gasteiger partial charge in [0.05, 0.1) is 5.56 Å². The summed E-state index contributed by atoms with van der Waals surface area (Å²) in [6, 6.07) is 12.0. The van der Waals surface area contributed by atoms with Crippen molar-refractivity contribution in [2.24, 2.45) is 0 Å². The highest BCUT2D eigenvalue weighted by atomic mass is 35.5. The molecule has 7 heteroatoms. The largest absolute Gasteiger partial charge is 0.452 e. The lowest BCUT2D eigenvalue weighted by atomic mass is 10.1. The Morgan fingerprint density at radius 1 is 1.11 bits per heavy atom. The van der Waals surface area contributed by atoms with Gasteiger partial charge in [-0.05, 0) is 30.7 Å². The van der Waals surface area contributed by atoms with Crippen LogP contribution in [0.25, 0.3) is 0 Å². The van der Waals surface area contributed by atoms with Crippen LogP contribution in [0.1, 0.15) is 21.5 Å². The molecule has 5 nitrogen and oxygen atoms in total. The number of carbonyl (C=O) groups excluding carboxylic acids is 2. The summed E-state index contributed by atoms with van der Waals surface area (Å²) >= 11 is 5.66. The van der Waals surface area contributed by atoms with E-state index in [0.29, 0.717) is 13.1 Å². The fourth-order valence-electron chi connectivity index (χ4n) is 3.18. The van der Waals surface area contributed by atoms with Gasteiger partial charge in [0.2, 0.25) is 0 Å². The first-order valence-electron chi connectivity index (χ1n) is 9.10. The Kier molecular flexibility index (Phi) is 6.65. The number of benzene rings is 2. The third-order valence-electron chi connectivity index (χ3n) is 4.69. The molecule has 0 atom stereocenters. The molecule has 0 bridgehead atoms. The van der Waals surface area contributed by atoms with E-state index in [1.54, 1.807) is 4.90 Å². The summed E-state index contributed by atoms with van der Waals surface area (Å²) in [6.45, 7) is 5.14. The average Bonchev–Trinajstić information content (AvgIpc) is 2.66. The highest BCUT2D eigenvalue weighted by Crippen LogP contribution is 2.16. The van der Waals surface area contributed by atoms with Crippen LogP contribution in [0, 0.1) is 12.7 Å². The molecule has 0 radical (unpaired) electrons. The van der Waals surface area contributed by atoms with E-state index < -0.39 is 18.4 Å². The fraction of sp³-hybridized carbons (Fsp3) is 0.333. The molecule has 0 aromatic heterocycles. The van der Waals surface area contributed by atoms with Crippen LogP contribution in [0.3, 0.4) is 0 Å². The number of piperazine rings is 1. The zero-order valence-electron chi connectivity index (χ0n) is 15.7. The number of rotatable bonds is 5. The minimum absolute atomic E-state index is 0.189. The quantitative estimate of drug-likeness (QED) is 0.717. The zero-order chi connectivity index (χ0) is 20.1. The van der Waals surface area contributed by atoms with Gasteiger partial charge in [0.25, 0.3) is 5.91 Å². The lowest BCUT2D eigenvalue weighted by Crippen LogP contribution is -2.49. The van der Waals surface area contributed by atoms with Gasteiger partial charge in [-0.25, -0.2) is 9.18 Å². The van der Waals surface area contributed by atoms with E-state index in [4.69, 9.17) is 16.3 Å². The molecule has 0 saturated carbocycles. The molecule has 1 fully saturated rings. The second-order valence-electron chi connectivity index (χ2n) is 6.85. The van der Waals surface area contributed by atoms with E-state index in [-0.39, 0.29) is 16.5 Å². The summed E-state index contributed by atoms with van der Waals surface area (Å²) in [5.74, 6) is -1.92. The molecule has 0 unspecified atom stereocenters. The van der Waals surface area contributed by atoms with Gasteiger partial charge in [0.1, 0.15) is 5.82 Å². The third-order valence-corrected chi connectivity index (χ3v) is 4.93. The molecule has 0 aliphatic carbocycles. The van der Waals surface area contributed by atoms with Gasteiger partial charge in [0, 0.05) is 37.7 Å². The van der Waals surface area contributed by atoms with Crippen LogP contribution in [0.5, 0.6) is 0 Å². The second-order valence-corrected chi connectivity index (χ2v) is 7.28. The highest BCUT2D eigenvalue weighted by Gasteiger charge is 2.23. The van der Waals surface area contributed by atoms with Crippen molar-refractivity contribution in [3.05, 3.63) is 70.0 Å². The number of hydrogen-bond donors (Lipinski definition) is 0. The van der Waals surface area contributed by atoms with Gasteiger partial charge >= 0.3 is 5.97 Å². The van der Waals surface area contributed by atoms with Crippen LogP contribution in [0.2, 0.25) is 5.02 Å². The van der Waals surface area contributed by atoms with Gasteiger partial charge in [0.15, 0.2) is 6.61 Å². The molecule has 2 aromatic rings. The van der Waals surface area contributed by atoms with Crippen LogP contribution in [0.4, 0.5) is 4.39 Å². The molecule has 148 valence electrons. The van der Waals surface area contributed by atoms with Crippen molar-refractivity contribution in [2.75, 3.05) is 32.8 Å². The molecule has 28 heavy (non-hydrogen) atoms. The van der Waals surface area contributed by atoms with Gasteiger partial charge in [-0.2, -0.15) is 0 Å². The highest BCUT2D eigenvalue weighted by molar-refractivity contribution is 6.30. The predicted molar refractivity (Wildman–Crippen MR) is 105 cm³/mol. The first-order valence-corrected chi connectivity index (χ1v) is 9.48. The SMILES string of the molecule is Cc1cccc(CN2CCN(C(=O)COC(=O)c3ccc(Cl)cc3F)CC2)c1. The van der Waals surface area contributed by atoms with Crippen molar-refractivity contribution in [3.63, 3.8) is 0 Å². The second kappa shape index (κ2) is 9.17. The molecule has 1 amide bonds. The molecular weight excluding hydrogens is 383 g/mol. The van der Waals surface area contributed by atoms with E-state index in [1.807, 2.05) is 6.07 Å². The zero-order valence-corrected chi connectivity index (χ0v) is 16.4. The molecule has 1 aliphatic rings. The Bertz CT molecular complexity index is 866. The molecule has 0 spiro atoms. The lowest BCUT2D eigenvalue weighted by Gasteiger charge is -2.34. The molecule has 1 heterocycles. The number of amides is 1. The Morgan fingerprint density at radius 3 is 2.54 bits per heavy atom. The standard InChI is InChI=1S/C21H22ClFN2O3/c1-15-3-2-4-16(11-15)13-24-7-9-25(10-8-24)20(26)14-28-21(27)18-6-5-17(22)12-19(18)23/h2-6,11-12H,7-10,13-14H2,1H3. The van der Waals surface area contributed by atoms with Crippen molar-refractivity contribution >= 4 is 23.5 Å². The van der Waals surface area contributed by atoms with E-state index >= 15 is 0 Å². The molecule has 1 saturated heterocycles. The van der Waals surface area contributed by atoms with Gasteiger partial charge < -0.3 is 9.64 Å². The van der Waals surface area contributed by atoms with Gasteiger partial charge in [-0.1, -0.05) is 41.4 Å². The first-order chi connectivity index (χ1) is 13.4. The Balaban J connectivity index is 1.45. The van der Waals surface area contributed by atoms with Crippen molar-refractivity contribution in [2.45, 2.75) is 13.5 Å². The molecular formula is C21H22ClFN2O3. The summed E-state index contributed by atoms with van der Waals surface area (Å²) in [5.41, 5.74) is 2.24. The number of carbonyl (C=O) groups is 2. The molecule has 0 N–H and O–H groups in total. The Morgan fingerprint density at radius 2 is 1.86 bits per heavy atom. The third kappa shape index (κ3) is 5.30. The Hall–Kier alpha value is -2.44. The van der Waals surface area contributed by atoms with Gasteiger partial charge in [-0.15, -0.1) is 0 Å². The number of nitrogens with zero attached hydrogens (tertiary/aromatic N) is 2. The number of halogens is 2. The van der Waals surface area contributed by atoms with E-state index in [1.165, 1.54) is 23.3 Å². The smallest absolute Gasteiger partial charge is 0.341 e. The van der Waals surface area contributed by atoms with Crippen molar-refractivity contribution in [3.8, 4) is 0 Å². The summed E-state index contributed by atoms with van der Waals surface area (Å²) < 4.78 is 18.7. The van der Waals surface area contributed by atoms with E-state index in [9.17, 15) is 14.0 Å². The van der Waals surface area contributed by atoms with Crippen molar-refractivity contribution in [1.82, 2.24) is 9.80 Å². The minimum atomic E-state index is -0.874. The molecule has 2 aromatic carbocycles. The number of esters is 1. The minimum Gasteiger partial charge on any atom is -0.452 e. The van der Waals surface area contributed by atoms with Crippen LogP contribution in [-0.2, 0) is 16.1 Å². The van der Waals surface area contributed by atoms with E-state index in [2.05, 4.69) is 30.0 Å². The molecule has 1 aliphatic heterocycles. The van der Waals surface area contributed by atoms with Gasteiger partial charge in [-0.3, -0.25) is 9.69 Å². The average molecular weight is 405 g/mol. The summed E-state index contributed by atoms with van der Waals surface area (Å²) in [4.78, 5) is 28.2. The van der Waals surface area contributed by atoms with Crippen LogP contribution < -0.4 is 0 Å². The number of hydrogen-bond acceptors (Lipinski definition) is 4. The Labute approximate surface area is 168 Å². The van der Waals surface area contributed by atoms with Crippen molar-refractivity contribution in [1.29, 1.82) is 0 Å². The topological polar surface area (TPSA) is 49.9 Å². The maximum atomic E-state index is 13.7. The maximum Gasteiger partial charge on any atom is 0.341 e. The lowest BCUT2D eigenvalue weighted by molar-refractivity contribution is -0.136. The van der Waals surface area contributed by atoms with E-state index in [0.717, 1.165) is 25.7 Å². The number of ether oxygens (including phenoxy) is 1. The van der Waals surface area contributed by atoms with Crippen LogP contribution in [-0.4, -0.2) is 54.5 Å². The summed E-state index contributed by atoms with van der Waals surface area (Å²) in [7, 11) is 0. The van der Waals surface area contributed by atoms with Crippen LogP contribution >= 0.6 is 11.6 Å². The first kappa shape index (κ1) is 20.3.